The van der Waals surface area contributed by atoms with E-state index in [1.54, 1.807) is 36.5 Å². The van der Waals surface area contributed by atoms with Gasteiger partial charge in [0.15, 0.2) is 0 Å². The van der Waals surface area contributed by atoms with Gasteiger partial charge in [-0.2, -0.15) is 0 Å². The van der Waals surface area contributed by atoms with Crippen LogP contribution >= 0.6 is 0 Å². The molecule has 0 aromatic rings. The van der Waals surface area contributed by atoms with Crippen LogP contribution in [-0.2, 0) is 28.6 Å². The Bertz CT molecular complexity index is 642. The van der Waals surface area contributed by atoms with E-state index in [-0.39, 0.29) is 57.2 Å². The standard InChI is InChI=1S/3C6H6O3.Gd/c3*7-6(8)5-3-1-2-4-9-5;/h3*1-3H,4H2,(H,7,8);/q;;;+3/p-3. The Hall–Kier alpha value is -2.43. The summed E-state index contributed by atoms with van der Waals surface area (Å²) in [5.74, 6) is -4.09. The number of allylic oxidation sites excluding steroid dienone is 6. The zero-order valence-electron chi connectivity index (χ0n) is 14.3. The molecule has 0 aromatic heterocycles. The largest absolute Gasteiger partial charge is 3.00 e. The van der Waals surface area contributed by atoms with Crippen molar-refractivity contribution in [1.29, 1.82) is 0 Å². The fourth-order valence-electron chi connectivity index (χ4n) is 1.57. The fraction of sp³-hybridized carbons (Fsp3) is 0.167. The molecule has 0 aliphatic carbocycles. The van der Waals surface area contributed by atoms with E-state index >= 15 is 0 Å². The third kappa shape index (κ3) is 10.7. The predicted molar refractivity (Wildman–Crippen MR) is 84.5 cm³/mol. The third-order valence-electron chi connectivity index (χ3n) is 2.76. The molecule has 3 aliphatic heterocycles. The number of carboxylic acid groups (broad SMARTS) is 3. The summed E-state index contributed by atoms with van der Waals surface area (Å²) >= 11 is 0. The molecule has 0 N–H and O–H groups in total. The molecular weight excluding hydrogens is 517 g/mol. The molecule has 3 rings (SSSR count). The van der Waals surface area contributed by atoms with E-state index in [1.807, 2.05) is 0 Å². The first kappa shape index (κ1) is 25.6. The van der Waals surface area contributed by atoms with Gasteiger partial charge in [-0.3, -0.25) is 0 Å². The fourth-order valence-corrected chi connectivity index (χ4v) is 1.57. The molecule has 1 radical (unpaired) electrons. The predicted octanol–water partition coefficient (Wildman–Crippen LogP) is -2.38. The molecule has 28 heavy (non-hydrogen) atoms. The Balaban J connectivity index is 0.000000384. The second-order valence-electron chi connectivity index (χ2n) is 4.67. The normalized spacial score (nSPS) is 15.6. The second kappa shape index (κ2) is 14.6. The molecule has 0 saturated carbocycles. The molecule has 0 aromatic carbocycles. The topological polar surface area (TPSA) is 148 Å². The Kier molecular flexibility index (Phi) is 13.3. The van der Waals surface area contributed by atoms with Crippen molar-refractivity contribution in [3.63, 3.8) is 0 Å². The van der Waals surface area contributed by atoms with E-state index in [9.17, 15) is 29.7 Å². The summed E-state index contributed by atoms with van der Waals surface area (Å²) in [5.41, 5.74) is 0. The van der Waals surface area contributed by atoms with Crippen molar-refractivity contribution >= 4 is 17.9 Å². The van der Waals surface area contributed by atoms with Gasteiger partial charge in [0, 0.05) is 0 Å². The maximum Gasteiger partial charge on any atom is 3.00 e. The van der Waals surface area contributed by atoms with Crippen LogP contribution in [0.5, 0.6) is 0 Å². The van der Waals surface area contributed by atoms with Gasteiger partial charge in [-0.25, -0.2) is 0 Å². The van der Waals surface area contributed by atoms with E-state index in [1.165, 1.54) is 18.2 Å². The van der Waals surface area contributed by atoms with Gasteiger partial charge in [-0.05, 0) is 36.5 Å². The summed E-state index contributed by atoms with van der Waals surface area (Å²) in [6.45, 7) is 0.958. The van der Waals surface area contributed by atoms with Crippen LogP contribution in [0.3, 0.4) is 0 Å². The first-order valence-electron chi connectivity index (χ1n) is 7.54. The second-order valence-corrected chi connectivity index (χ2v) is 4.67. The molecule has 0 spiro atoms. The van der Waals surface area contributed by atoms with E-state index in [0.29, 0.717) is 19.8 Å². The van der Waals surface area contributed by atoms with Crippen LogP contribution in [0.2, 0.25) is 0 Å². The van der Waals surface area contributed by atoms with Crippen LogP contribution in [0, 0.1) is 39.9 Å². The number of hydrogen-bond acceptors (Lipinski definition) is 9. The summed E-state index contributed by atoms with van der Waals surface area (Å²) in [5, 5.41) is 30.0. The molecular formula is C18H15GdO9. The van der Waals surface area contributed by atoms with Crippen molar-refractivity contribution < 1.29 is 83.9 Å². The van der Waals surface area contributed by atoms with Crippen LogP contribution in [0.1, 0.15) is 0 Å². The maximum absolute atomic E-state index is 10.0. The van der Waals surface area contributed by atoms with Crippen LogP contribution in [0.25, 0.3) is 0 Å². The van der Waals surface area contributed by atoms with Crippen molar-refractivity contribution in [2.75, 3.05) is 19.8 Å². The quantitative estimate of drug-likeness (QED) is 0.389. The number of ether oxygens (including phenoxy) is 3. The molecule has 0 amide bonds. The Morgan fingerprint density at radius 2 is 0.857 bits per heavy atom. The molecule has 10 heteroatoms. The van der Waals surface area contributed by atoms with Crippen LogP contribution < -0.4 is 15.3 Å². The summed E-state index contributed by atoms with van der Waals surface area (Å²) < 4.78 is 14.0. The van der Waals surface area contributed by atoms with Gasteiger partial charge in [0.1, 0.15) is 55.0 Å². The number of carbonyl (C=O) groups is 3. The van der Waals surface area contributed by atoms with Gasteiger partial charge in [-0.1, -0.05) is 18.2 Å². The van der Waals surface area contributed by atoms with Gasteiger partial charge < -0.3 is 43.9 Å². The summed E-state index contributed by atoms with van der Waals surface area (Å²) in [6, 6.07) is 0. The third-order valence-corrected chi connectivity index (χ3v) is 2.76. The van der Waals surface area contributed by atoms with Gasteiger partial charge in [0.2, 0.25) is 0 Å². The Morgan fingerprint density at radius 1 is 0.607 bits per heavy atom. The minimum absolute atomic E-state index is 0. The molecule has 0 unspecified atom stereocenters. The molecule has 0 fully saturated rings. The van der Waals surface area contributed by atoms with E-state index < -0.39 is 17.9 Å². The molecule has 9 nitrogen and oxygen atoms in total. The molecule has 0 atom stereocenters. The number of carboxylic acids is 3. The van der Waals surface area contributed by atoms with Crippen molar-refractivity contribution in [1.82, 2.24) is 0 Å². The molecule has 3 aliphatic rings. The van der Waals surface area contributed by atoms with Gasteiger partial charge in [0.25, 0.3) is 0 Å². The summed E-state index contributed by atoms with van der Waals surface area (Å²) in [7, 11) is 0. The van der Waals surface area contributed by atoms with Crippen molar-refractivity contribution in [3.05, 3.63) is 72.0 Å². The van der Waals surface area contributed by atoms with Crippen LogP contribution in [-0.4, -0.2) is 37.7 Å². The zero-order valence-corrected chi connectivity index (χ0v) is 16.6. The van der Waals surface area contributed by atoms with Crippen LogP contribution in [0.4, 0.5) is 0 Å². The number of carbonyl (C=O) groups excluding carboxylic acids is 3. The van der Waals surface area contributed by atoms with E-state index in [0.717, 1.165) is 0 Å². The Labute approximate surface area is 192 Å². The van der Waals surface area contributed by atoms with Gasteiger partial charge >= 0.3 is 39.9 Å². The number of hydrogen-bond donors (Lipinski definition) is 0. The maximum atomic E-state index is 10.0. The SMILES string of the molecule is O=C([O-])C1=CC=CCO1.O=C([O-])C1=CC=CCO1.O=C([O-])C1=CC=CCO1.[Gd+3]. The molecule has 0 bridgehead atoms. The van der Waals surface area contributed by atoms with Crippen molar-refractivity contribution in [2.45, 2.75) is 0 Å². The first-order valence-corrected chi connectivity index (χ1v) is 7.54. The number of aliphatic carboxylic acids is 3. The van der Waals surface area contributed by atoms with Gasteiger partial charge in [-0.15, -0.1) is 0 Å². The summed E-state index contributed by atoms with van der Waals surface area (Å²) in [6.07, 6.45) is 14.1. The zero-order chi connectivity index (χ0) is 20.1. The van der Waals surface area contributed by atoms with Gasteiger partial charge in [0.05, 0.1) is 0 Å². The average Bonchev–Trinajstić information content (AvgIpc) is 2.71. The monoisotopic (exact) mass is 533 g/mol. The number of rotatable bonds is 3. The van der Waals surface area contributed by atoms with Crippen molar-refractivity contribution in [3.8, 4) is 0 Å². The molecule has 0 saturated heterocycles. The van der Waals surface area contributed by atoms with E-state index in [2.05, 4.69) is 14.2 Å². The van der Waals surface area contributed by atoms with Crippen molar-refractivity contribution in [2.24, 2.45) is 0 Å². The molecule has 149 valence electrons. The smallest absolute Gasteiger partial charge is 0.542 e. The van der Waals surface area contributed by atoms with E-state index in [4.69, 9.17) is 0 Å². The van der Waals surface area contributed by atoms with Crippen LogP contribution in [0.15, 0.2) is 72.0 Å². The minimum atomic E-state index is -1.26. The Morgan fingerprint density at radius 3 is 0.964 bits per heavy atom. The first-order chi connectivity index (χ1) is 12.9. The minimum Gasteiger partial charge on any atom is -0.542 e. The summed E-state index contributed by atoms with van der Waals surface area (Å²) in [4.78, 5) is 30.0. The average molecular weight is 533 g/mol. The molecule has 3 heterocycles.